The van der Waals surface area contributed by atoms with Crippen molar-refractivity contribution in [2.75, 3.05) is 0 Å². The highest BCUT2D eigenvalue weighted by molar-refractivity contribution is 5.55. The van der Waals surface area contributed by atoms with E-state index in [1.807, 2.05) is 24.3 Å². The SMILES string of the molecule is C=Cc1cc(CC)cc(Oc2cc(C=C)cc(CC)c2)c1. The van der Waals surface area contributed by atoms with Crippen molar-refractivity contribution in [1.29, 1.82) is 0 Å². The molecule has 21 heavy (non-hydrogen) atoms. The van der Waals surface area contributed by atoms with Gasteiger partial charge in [-0.2, -0.15) is 0 Å². The molecule has 0 aromatic heterocycles. The highest BCUT2D eigenvalue weighted by Crippen LogP contribution is 2.27. The second-order valence-electron chi connectivity index (χ2n) is 5.04. The van der Waals surface area contributed by atoms with Crippen molar-refractivity contribution in [3.05, 3.63) is 71.8 Å². The first kappa shape index (κ1) is 15.1. The van der Waals surface area contributed by atoms with E-state index in [2.05, 4.69) is 51.3 Å². The van der Waals surface area contributed by atoms with Crippen molar-refractivity contribution >= 4 is 12.2 Å². The third kappa shape index (κ3) is 3.85. The fraction of sp³-hybridized carbons (Fsp3) is 0.200. The van der Waals surface area contributed by atoms with Gasteiger partial charge in [-0.05, 0) is 59.4 Å². The van der Waals surface area contributed by atoms with E-state index in [4.69, 9.17) is 4.74 Å². The van der Waals surface area contributed by atoms with Gasteiger partial charge in [0.1, 0.15) is 11.5 Å². The Balaban J connectivity index is 2.37. The standard InChI is InChI=1S/C20H22O/c1-5-15-9-16(6-2)12-19(11-15)21-20-13-17(7-3)10-18(8-4)14-20/h5,7,9-14H,1,3,6,8H2,2,4H3. The van der Waals surface area contributed by atoms with Crippen molar-refractivity contribution in [1.82, 2.24) is 0 Å². The Hall–Kier alpha value is -2.28. The van der Waals surface area contributed by atoms with Gasteiger partial charge in [0.25, 0.3) is 0 Å². The van der Waals surface area contributed by atoms with Crippen LogP contribution in [0, 0.1) is 0 Å². The average Bonchev–Trinajstić information content (AvgIpc) is 2.53. The minimum atomic E-state index is 0.854. The van der Waals surface area contributed by atoms with Crippen molar-refractivity contribution in [2.24, 2.45) is 0 Å². The number of aryl methyl sites for hydroxylation is 2. The Morgan fingerprint density at radius 2 is 1.19 bits per heavy atom. The molecule has 0 N–H and O–H groups in total. The molecule has 1 nitrogen and oxygen atoms in total. The summed E-state index contributed by atoms with van der Waals surface area (Å²) in [5.41, 5.74) is 4.66. The molecule has 0 radical (unpaired) electrons. The van der Waals surface area contributed by atoms with Crippen LogP contribution < -0.4 is 4.74 Å². The number of ether oxygens (including phenoxy) is 1. The average molecular weight is 278 g/mol. The summed E-state index contributed by atoms with van der Waals surface area (Å²) in [6.07, 6.45) is 5.66. The highest BCUT2D eigenvalue weighted by atomic mass is 16.5. The second kappa shape index (κ2) is 6.94. The topological polar surface area (TPSA) is 9.23 Å². The van der Waals surface area contributed by atoms with Crippen LogP contribution in [-0.4, -0.2) is 0 Å². The largest absolute Gasteiger partial charge is 0.457 e. The van der Waals surface area contributed by atoms with Gasteiger partial charge in [-0.15, -0.1) is 0 Å². The molecule has 0 spiro atoms. The van der Waals surface area contributed by atoms with Gasteiger partial charge in [-0.1, -0.05) is 51.3 Å². The van der Waals surface area contributed by atoms with Crippen LogP contribution in [0.1, 0.15) is 36.1 Å². The molecule has 2 aromatic rings. The maximum absolute atomic E-state index is 6.05. The Morgan fingerprint density at radius 1 is 0.762 bits per heavy atom. The van der Waals surface area contributed by atoms with Crippen LogP contribution >= 0.6 is 0 Å². The van der Waals surface area contributed by atoms with Crippen LogP contribution in [0.3, 0.4) is 0 Å². The molecule has 1 heteroatoms. The summed E-state index contributed by atoms with van der Waals surface area (Å²) in [5, 5.41) is 0. The highest BCUT2D eigenvalue weighted by Gasteiger charge is 2.04. The van der Waals surface area contributed by atoms with Crippen LogP contribution in [0.25, 0.3) is 12.2 Å². The van der Waals surface area contributed by atoms with E-state index >= 15 is 0 Å². The summed E-state index contributed by atoms with van der Waals surface area (Å²) in [6, 6.07) is 12.5. The lowest BCUT2D eigenvalue weighted by Crippen LogP contribution is -1.91. The molecule has 2 rings (SSSR count). The lowest BCUT2D eigenvalue weighted by molar-refractivity contribution is 0.481. The van der Waals surface area contributed by atoms with Gasteiger partial charge in [-0.25, -0.2) is 0 Å². The van der Waals surface area contributed by atoms with E-state index in [0.29, 0.717) is 0 Å². The Bertz CT molecular complexity index is 595. The van der Waals surface area contributed by atoms with E-state index in [-0.39, 0.29) is 0 Å². The first-order valence-electron chi connectivity index (χ1n) is 7.39. The van der Waals surface area contributed by atoms with Gasteiger partial charge in [0.2, 0.25) is 0 Å². The summed E-state index contributed by atoms with van der Waals surface area (Å²) < 4.78 is 6.05. The molecule has 108 valence electrons. The van der Waals surface area contributed by atoms with Crippen LogP contribution in [0.15, 0.2) is 49.6 Å². The fourth-order valence-electron chi connectivity index (χ4n) is 2.27. The lowest BCUT2D eigenvalue weighted by Gasteiger charge is -2.11. The molecule has 2 aromatic carbocycles. The molecule has 0 amide bonds. The molecular weight excluding hydrogens is 256 g/mol. The van der Waals surface area contributed by atoms with Gasteiger partial charge in [0, 0.05) is 0 Å². The smallest absolute Gasteiger partial charge is 0.128 e. The zero-order chi connectivity index (χ0) is 15.2. The number of hydrogen-bond acceptors (Lipinski definition) is 1. The maximum atomic E-state index is 6.05. The molecule has 0 aliphatic heterocycles. The van der Waals surface area contributed by atoms with E-state index < -0.39 is 0 Å². The first-order chi connectivity index (χ1) is 10.2. The minimum absolute atomic E-state index is 0.854. The predicted octanol–water partition coefficient (Wildman–Crippen LogP) is 5.89. The van der Waals surface area contributed by atoms with Crippen molar-refractivity contribution in [2.45, 2.75) is 26.7 Å². The Labute approximate surface area is 127 Å². The van der Waals surface area contributed by atoms with Crippen molar-refractivity contribution in [3.63, 3.8) is 0 Å². The summed E-state index contributed by atoms with van der Waals surface area (Å²) in [6.45, 7) is 12.0. The van der Waals surface area contributed by atoms with E-state index in [9.17, 15) is 0 Å². The van der Waals surface area contributed by atoms with Gasteiger partial charge < -0.3 is 4.74 Å². The molecule has 0 heterocycles. The van der Waals surface area contributed by atoms with Gasteiger partial charge in [0.15, 0.2) is 0 Å². The zero-order valence-electron chi connectivity index (χ0n) is 12.9. The van der Waals surface area contributed by atoms with E-state index in [0.717, 1.165) is 35.5 Å². The molecule has 0 saturated heterocycles. The summed E-state index contributed by atoms with van der Waals surface area (Å²) >= 11 is 0. The molecule has 0 aliphatic carbocycles. The summed E-state index contributed by atoms with van der Waals surface area (Å²) in [5.74, 6) is 1.71. The quantitative estimate of drug-likeness (QED) is 0.640. The summed E-state index contributed by atoms with van der Waals surface area (Å²) in [7, 11) is 0. The lowest BCUT2D eigenvalue weighted by atomic mass is 10.1. The molecule has 0 saturated carbocycles. The van der Waals surface area contributed by atoms with Crippen molar-refractivity contribution < 1.29 is 4.74 Å². The first-order valence-corrected chi connectivity index (χ1v) is 7.39. The minimum Gasteiger partial charge on any atom is -0.457 e. The van der Waals surface area contributed by atoms with Crippen LogP contribution in [0.5, 0.6) is 11.5 Å². The van der Waals surface area contributed by atoms with Gasteiger partial charge in [-0.3, -0.25) is 0 Å². The van der Waals surface area contributed by atoms with Crippen LogP contribution in [0.2, 0.25) is 0 Å². The van der Waals surface area contributed by atoms with E-state index in [1.165, 1.54) is 11.1 Å². The van der Waals surface area contributed by atoms with Crippen LogP contribution in [0.4, 0.5) is 0 Å². The Morgan fingerprint density at radius 3 is 1.52 bits per heavy atom. The summed E-state index contributed by atoms with van der Waals surface area (Å²) in [4.78, 5) is 0. The fourth-order valence-corrected chi connectivity index (χ4v) is 2.27. The zero-order valence-corrected chi connectivity index (χ0v) is 12.9. The van der Waals surface area contributed by atoms with Gasteiger partial charge in [0.05, 0.1) is 0 Å². The maximum Gasteiger partial charge on any atom is 0.128 e. The Kier molecular flexibility index (Phi) is 4.99. The molecule has 0 fully saturated rings. The van der Waals surface area contributed by atoms with E-state index in [1.54, 1.807) is 0 Å². The third-order valence-corrected chi connectivity index (χ3v) is 3.50. The molecule has 0 atom stereocenters. The molecular formula is C20H22O. The molecule has 0 bridgehead atoms. The number of hydrogen-bond donors (Lipinski definition) is 0. The number of benzene rings is 2. The molecule has 0 aliphatic rings. The van der Waals surface area contributed by atoms with Crippen molar-refractivity contribution in [3.8, 4) is 11.5 Å². The molecule has 0 unspecified atom stereocenters. The second-order valence-corrected chi connectivity index (χ2v) is 5.04. The third-order valence-electron chi connectivity index (χ3n) is 3.50. The van der Waals surface area contributed by atoms with Crippen LogP contribution in [-0.2, 0) is 12.8 Å². The predicted molar refractivity (Wildman–Crippen MR) is 91.9 cm³/mol. The number of rotatable bonds is 6. The normalized spacial score (nSPS) is 10.2. The van der Waals surface area contributed by atoms with Gasteiger partial charge >= 0.3 is 0 Å². The monoisotopic (exact) mass is 278 g/mol.